The van der Waals surface area contributed by atoms with E-state index in [4.69, 9.17) is 11.6 Å². The zero-order chi connectivity index (χ0) is 12.0. The summed E-state index contributed by atoms with van der Waals surface area (Å²) in [6.45, 7) is 4.61. The van der Waals surface area contributed by atoms with Crippen molar-refractivity contribution in [2.75, 3.05) is 6.54 Å². The van der Waals surface area contributed by atoms with Gasteiger partial charge in [-0.15, -0.1) is 11.6 Å². The molecule has 0 spiro atoms. The molecular weight excluding hydrogens is 222 g/mol. The van der Waals surface area contributed by atoms with Crippen LogP contribution in [0.3, 0.4) is 0 Å². The molecule has 1 N–H and O–H groups in total. The van der Waals surface area contributed by atoms with Gasteiger partial charge in [0.2, 0.25) is 5.91 Å². The molecule has 0 heterocycles. The first-order chi connectivity index (χ1) is 7.65. The summed E-state index contributed by atoms with van der Waals surface area (Å²) in [7, 11) is 0. The van der Waals surface area contributed by atoms with Gasteiger partial charge in [0, 0.05) is 6.54 Å². The van der Waals surface area contributed by atoms with Crippen molar-refractivity contribution in [2.24, 2.45) is 0 Å². The Kier molecular flexibility index (Phi) is 5.33. The van der Waals surface area contributed by atoms with Crippen LogP contribution in [0.1, 0.15) is 31.7 Å². The molecule has 1 aromatic rings. The van der Waals surface area contributed by atoms with Crippen LogP contribution >= 0.6 is 11.6 Å². The number of nitrogens with one attached hydrogen (secondary N) is 1. The van der Waals surface area contributed by atoms with Gasteiger partial charge in [0.15, 0.2) is 0 Å². The number of benzene rings is 1. The van der Waals surface area contributed by atoms with Gasteiger partial charge in [-0.1, -0.05) is 37.3 Å². The lowest BCUT2D eigenvalue weighted by Gasteiger charge is -2.15. The molecule has 16 heavy (non-hydrogen) atoms. The number of hydrogen-bond donors (Lipinski definition) is 1. The molecule has 0 fully saturated rings. The first-order valence-corrected chi connectivity index (χ1v) is 6.05. The normalized spacial score (nSPS) is 14.2. The minimum Gasteiger partial charge on any atom is -0.355 e. The Morgan fingerprint density at radius 3 is 2.56 bits per heavy atom. The van der Waals surface area contributed by atoms with Gasteiger partial charge in [-0.25, -0.2) is 0 Å². The second-order valence-corrected chi connectivity index (χ2v) is 4.44. The van der Waals surface area contributed by atoms with Gasteiger partial charge in [-0.3, -0.25) is 4.79 Å². The molecule has 88 valence electrons. The van der Waals surface area contributed by atoms with E-state index in [2.05, 4.69) is 24.4 Å². The van der Waals surface area contributed by atoms with Gasteiger partial charge in [-0.05, 0) is 24.8 Å². The van der Waals surface area contributed by atoms with Crippen LogP contribution < -0.4 is 5.32 Å². The molecule has 0 aliphatic carbocycles. The van der Waals surface area contributed by atoms with Crippen molar-refractivity contribution in [1.29, 1.82) is 0 Å². The summed E-state index contributed by atoms with van der Waals surface area (Å²) >= 11 is 6.04. The predicted molar refractivity (Wildman–Crippen MR) is 67.8 cm³/mol. The third-order valence-corrected chi connectivity index (χ3v) is 2.94. The first kappa shape index (κ1) is 13.0. The molecule has 2 unspecified atom stereocenters. The average molecular weight is 240 g/mol. The number of rotatable bonds is 5. The Morgan fingerprint density at radius 1 is 1.38 bits per heavy atom. The van der Waals surface area contributed by atoms with E-state index in [0.717, 1.165) is 0 Å². The van der Waals surface area contributed by atoms with Crippen molar-refractivity contribution in [1.82, 2.24) is 5.32 Å². The Balaban J connectivity index is 2.51. The summed E-state index contributed by atoms with van der Waals surface area (Å²) in [5.41, 5.74) is 1.22. The minimum atomic E-state index is -0.449. The van der Waals surface area contributed by atoms with E-state index in [1.54, 1.807) is 0 Å². The SMILES string of the molecule is CCNC(=O)C(Cl)CC(C)c1ccccc1. The lowest BCUT2D eigenvalue weighted by Crippen LogP contribution is -2.31. The van der Waals surface area contributed by atoms with Crippen LogP contribution in [0.2, 0.25) is 0 Å². The summed E-state index contributed by atoms with van der Waals surface area (Å²) in [4.78, 5) is 11.5. The zero-order valence-electron chi connectivity index (χ0n) is 9.74. The van der Waals surface area contributed by atoms with Crippen LogP contribution in [-0.2, 0) is 4.79 Å². The fourth-order valence-electron chi connectivity index (χ4n) is 1.62. The molecule has 1 rings (SSSR count). The lowest BCUT2D eigenvalue weighted by molar-refractivity contribution is -0.120. The van der Waals surface area contributed by atoms with Crippen molar-refractivity contribution in [3.63, 3.8) is 0 Å². The molecule has 1 amide bonds. The maximum absolute atomic E-state index is 11.5. The molecule has 3 heteroatoms. The average Bonchev–Trinajstić information content (AvgIpc) is 2.30. The zero-order valence-corrected chi connectivity index (χ0v) is 10.5. The van der Waals surface area contributed by atoms with E-state index in [9.17, 15) is 4.79 Å². The molecule has 0 aliphatic heterocycles. The molecule has 0 saturated carbocycles. The molecule has 0 aromatic heterocycles. The second kappa shape index (κ2) is 6.54. The van der Waals surface area contributed by atoms with Gasteiger partial charge in [0.1, 0.15) is 5.38 Å². The maximum atomic E-state index is 11.5. The van der Waals surface area contributed by atoms with Gasteiger partial charge >= 0.3 is 0 Å². The number of hydrogen-bond acceptors (Lipinski definition) is 1. The van der Waals surface area contributed by atoms with E-state index in [-0.39, 0.29) is 5.91 Å². The molecular formula is C13H18ClNO. The van der Waals surface area contributed by atoms with Gasteiger partial charge in [0.25, 0.3) is 0 Å². The summed E-state index contributed by atoms with van der Waals surface area (Å²) < 4.78 is 0. The van der Waals surface area contributed by atoms with Gasteiger partial charge in [-0.2, -0.15) is 0 Å². The molecule has 0 aliphatic rings. The van der Waals surface area contributed by atoms with Crippen molar-refractivity contribution in [3.8, 4) is 0 Å². The van der Waals surface area contributed by atoms with Crippen molar-refractivity contribution in [3.05, 3.63) is 35.9 Å². The largest absolute Gasteiger partial charge is 0.355 e. The Labute approximate surface area is 102 Å². The monoisotopic (exact) mass is 239 g/mol. The fraction of sp³-hybridized carbons (Fsp3) is 0.462. The Morgan fingerprint density at radius 2 is 2.00 bits per heavy atom. The van der Waals surface area contributed by atoms with Crippen LogP contribution in [0.4, 0.5) is 0 Å². The number of halogens is 1. The highest BCUT2D eigenvalue weighted by molar-refractivity contribution is 6.30. The summed E-state index contributed by atoms with van der Waals surface area (Å²) in [6, 6.07) is 10.1. The van der Waals surface area contributed by atoms with E-state index >= 15 is 0 Å². The Bertz CT molecular complexity index is 326. The summed E-state index contributed by atoms with van der Waals surface area (Å²) in [6.07, 6.45) is 0.664. The number of carbonyl (C=O) groups excluding carboxylic acids is 1. The third kappa shape index (κ3) is 3.86. The minimum absolute atomic E-state index is 0.0769. The van der Waals surface area contributed by atoms with Crippen LogP contribution in [0.15, 0.2) is 30.3 Å². The van der Waals surface area contributed by atoms with Crippen LogP contribution in [0, 0.1) is 0 Å². The van der Waals surface area contributed by atoms with E-state index < -0.39 is 5.38 Å². The van der Waals surface area contributed by atoms with E-state index in [0.29, 0.717) is 18.9 Å². The third-order valence-electron chi connectivity index (χ3n) is 2.56. The molecule has 0 saturated heterocycles. The van der Waals surface area contributed by atoms with Crippen molar-refractivity contribution < 1.29 is 4.79 Å². The standard InChI is InChI=1S/C13H18ClNO/c1-3-15-13(16)12(14)9-10(2)11-7-5-4-6-8-11/h4-8,10,12H,3,9H2,1-2H3,(H,15,16). The Hall–Kier alpha value is -1.02. The topological polar surface area (TPSA) is 29.1 Å². The van der Waals surface area contributed by atoms with Gasteiger partial charge in [0.05, 0.1) is 0 Å². The summed E-state index contributed by atoms with van der Waals surface area (Å²) in [5.74, 6) is 0.221. The number of amides is 1. The molecule has 2 nitrogen and oxygen atoms in total. The number of carbonyl (C=O) groups is 1. The smallest absolute Gasteiger partial charge is 0.238 e. The summed E-state index contributed by atoms with van der Waals surface area (Å²) in [5, 5.41) is 2.28. The van der Waals surface area contributed by atoms with Crippen LogP contribution in [-0.4, -0.2) is 17.8 Å². The van der Waals surface area contributed by atoms with E-state index in [1.165, 1.54) is 5.56 Å². The highest BCUT2D eigenvalue weighted by Gasteiger charge is 2.18. The number of alkyl halides is 1. The van der Waals surface area contributed by atoms with E-state index in [1.807, 2.05) is 25.1 Å². The molecule has 1 aromatic carbocycles. The first-order valence-electron chi connectivity index (χ1n) is 5.61. The highest BCUT2D eigenvalue weighted by Crippen LogP contribution is 2.22. The van der Waals surface area contributed by atoms with Crippen LogP contribution in [0.25, 0.3) is 0 Å². The van der Waals surface area contributed by atoms with Crippen molar-refractivity contribution >= 4 is 17.5 Å². The highest BCUT2D eigenvalue weighted by atomic mass is 35.5. The molecule has 0 bridgehead atoms. The van der Waals surface area contributed by atoms with Gasteiger partial charge < -0.3 is 5.32 Å². The quantitative estimate of drug-likeness (QED) is 0.787. The van der Waals surface area contributed by atoms with Crippen LogP contribution in [0.5, 0.6) is 0 Å². The fourth-order valence-corrected chi connectivity index (χ4v) is 1.96. The lowest BCUT2D eigenvalue weighted by atomic mass is 9.96. The van der Waals surface area contributed by atoms with Crippen molar-refractivity contribution in [2.45, 2.75) is 31.6 Å². The molecule has 0 radical (unpaired) electrons. The maximum Gasteiger partial charge on any atom is 0.238 e. The predicted octanol–water partition coefficient (Wildman–Crippen LogP) is 2.92. The molecule has 2 atom stereocenters. The second-order valence-electron chi connectivity index (χ2n) is 3.91.